The molecule has 5 rings (SSSR count). The Morgan fingerprint density at radius 3 is 2.56 bits per heavy atom. The largest absolute Gasteiger partial charge is 0.369 e. The maximum absolute atomic E-state index is 12.9. The SMILES string of the molecule is Cc1cc(NC(=O)c2cnc3c(c2)c(=O)[nH]c(=O)n3C2CC2)ccc1N1CCN(C)CC1. The van der Waals surface area contributed by atoms with Gasteiger partial charge in [-0.25, -0.2) is 9.78 Å². The lowest BCUT2D eigenvalue weighted by Gasteiger charge is -2.35. The fourth-order valence-electron chi connectivity index (χ4n) is 4.27. The van der Waals surface area contributed by atoms with Crippen molar-refractivity contribution in [3.8, 4) is 0 Å². The Morgan fingerprint density at radius 2 is 1.88 bits per heavy atom. The number of nitrogens with zero attached hydrogens (tertiary/aromatic N) is 4. The number of aryl methyl sites for hydroxylation is 1. The van der Waals surface area contributed by atoms with Crippen molar-refractivity contribution in [2.75, 3.05) is 43.4 Å². The van der Waals surface area contributed by atoms with E-state index in [1.165, 1.54) is 22.5 Å². The van der Waals surface area contributed by atoms with Crippen molar-refractivity contribution in [2.45, 2.75) is 25.8 Å². The maximum Gasteiger partial charge on any atom is 0.330 e. The number of piperazine rings is 1. The van der Waals surface area contributed by atoms with Gasteiger partial charge in [0.1, 0.15) is 5.65 Å². The van der Waals surface area contributed by atoms with Crippen LogP contribution in [0.5, 0.6) is 0 Å². The molecule has 0 spiro atoms. The lowest BCUT2D eigenvalue weighted by Crippen LogP contribution is -2.44. The molecular formula is C23H26N6O3. The average Bonchev–Trinajstić information content (AvgIpc) is 3.59. The molecule has 2 aliphatic rings. The first kappa shape index (κ1) is 20.4. The second-order valence-corrected chi connectivity index (χ2v) is 8.70. The number of hydrogen-bond donors (Lipinski definition) is 2. The number of pyridine rings is 1. The Balaban J connectivity index is 1.38. The molecule has 1 amide bonds. The van der Waals surface area contributed by atoms with Crippen LogP contribution in [0.4, 0.5) is 11.4 Å². The van der Waals surface area contributed by atoms with Gasteiger partial charge < -0.3 is 15.1 Å². The van der Waals surface area contributed by atoms with E-state index in [1.54, 1.807) is 0 Å². The summed E-state index contributed by atoms with van der Waals surface area (Å²) in [7, 11) is 2.13. The first-order valence-electron chi connectivity index (χ1n) is 10.9. The summed E-state index contributed by atoms with van der Waals surface area (Å²) in [5, 5.41) is 3.14. The van der Waals surface area contributed by atoms with E-state index in [9.17, 15) is 14.4 Å². The van der Waals surface area contributed by atoms with Gasteiger partial charge in [-0.2, -0.15) is 0 Å². The molecule has 0 bridgehead atoms. The van der Waals surface area contributed by atoms with Crippen LogP contribution >= 0.6 is 0 Å². The minimum absolute atomic E-state index is 0.0656. The number of amides is 1. The van der Waals surface area contributed by atoms with E-state index < -0.39 is 11.2 Å². The molecule has 2 N–H and O–H groups in total. The highest BCUT2D eigenvalue weighted by atomic mass is 16.2. The Kier molecular flexibility index (Phi) is 5.05. The van der Waals surface area contributed by atoms with Gasteiger partial charge in [-0.05, 0) is 56.6 Å². The molecule has 0 atom stereocenters. The molecule has 0 radical (unpaired) electrons. The Labute approximate surface area is 184 Å². The molecule has 9 nitrogen and oxygen atoms in total. The molecule has 2 fully saturated rings. The summed E-state index contributed by atoms with van der Waals surface area (Å²) in [6.07, 6.45) is 3.18. The van der Waals surface area contributed by atoms with E-state index >= 15 is 0 Å². The molecule has 1 aromatic carbocycles. The van der Waals surface area contributed by atoms with Gasteiger partial charge in [0, 0.05) is 49.8 Å². The topological polar surface area (TPSA) is 103 Å². The van der Waals surface area contributed by atoms with E-state index in [0.717, 1.165) is 44.6 Å². The lowest BCUT2D eigenvalue weighted by atomic mass is 10.1. The van der Waals surface area contributed by atoms with Crippen molar-refractivity contribution in [3.05, 3.63) is 62.4 Å². The highest BCUT2D eigenvalue weighted by Crippen LogP contribution is 2.34. The maximum atomic E-state index is 12.9. The number of nitrogens with one attached hydrogen (secondary N) is 2. The molecule has 3 aromatic rings. The minimum atomic E-state index is -0.531. The molecule has 0 unspecified atom stereocenters. The standard InChI is InChI=1S/C23H26N6O3/c1-14-11-16(3-6-19(14)28-9-7-27(2)8-10-28)25-21(30)15-12-18-20(24-13-15)29(17-4-5-17)23(32)26-22(18)31/h3,6,11-13,17H,4-5,7-10H2,1-2H3,(H,25,30)(H,26,31,32). The zero-order valence-electron chi connectivity index (χ0n) is 18.2. The van der Waals surface area contributed by atoms with Gasteiger partial charge in [0.15, 0.2) is 0 Å². The summed E-state index contributed by atoms with van der Waals surface area (Å²) < 4.78 is 1.51. The van der Waals surface area contributed by atoms with E-state index in [-0.39, 0.29) is 22.9 Å². The Bertz CT molecular complexity index is 1320. The van der Waals surface area contributed by atoms with Gasteiger partial charge in [-0.3, -0.25) is 19.1 Å². The monoisotopic (exact) mass is 434 g/mol. The van der Waals surface area contributed by atoms with Crippen molar-refractivity contribution < 1.29 is 4.79 Å². The van der Waals surface area contributed by atoms with E-state index in [2.05, 4.69) is 32.1 Å². The van der Waals surface area contributed by atoms with Crippen LogP contribution in [-0.2, 0) is 0 Å². The summed E-state index contributed by atoms with van der Waals surface area (Å²) in [4.78, 5) is 48.7. The Morgan fingerprint density at radius 1 is 1.12 bits per heavy atom. The molecule has 1 aliphatic carbocycles. The molecular weight excluding hydrogens is 408 g/mol. The van der Waals surface area contributed by atoms with Crippen LogP contribution in [0.3, 0.4) is 0 Å². The van der Waals surface area contributed by atoms with Crippen molar-refractivity contribution in [1.82, 2.24) is 19.4 Å². The van der Waals surface area contributed by atoms with Crippen LogP contribution in [0.15, 0.2) is 40.1 Å². The molecule has 32 heavy (non-hydrogen) atoms. The molecule has 3 heterocycles. The summed E-state index contributed by atoms with van der Waals surface area (Å²) >= 11 is 0. The van der Waals surface area contributed by atoms with Crippen LogP contribution in [0, 0.1) is 6.92 Å². The van der Waals surface area contributed by atoms with E-state index in [4.69, 9.17) is 0 Å². The van der Waals surface area contributed by atoms with Crippen LogP contribution < -0.4 is 21.5 Å². The number of H-pyrrole nitrogens is 1. The highest BCUT2D eigenvalue weighted by molar-refractivity contribution is 6.05. The highest BCUT2D eigenvalue weighted by Gasteiger charge is 2.28. The lowest BCUT2D eigenvalue weighted by molar-refractivity contribution is 0.102. The fourth-order valence-corrected chi connectivity index (χ4v) is 4.27. The summed E-state index contributed by atoms with van der Waals surface area (Å²) in [6, 6.07) is 7.45. The van der Waals surface area contributed by atoms with Crippen LogP contribution in [0.25, 0.3) is 11.0 Å². The zero-order valence-corrected chi connectivity index (χ0v) is 18.2. The van der Waals surface area contributed by atoms with Crippen molar-refractivity contribution in [3.63, 3.8) is 0 Å². The second-order valence-electron chi connectivity index (χ2n) is 8.70. The van der Waals surface area contributed by atoms with Gasteiger partial charge in [0.2, 0.25) is 0 Å². The molecule has 1 saturated heterocycles. The summed E-state index contributed by atoms with van der Waals surface area (Å²) in [5.74, 6) is -0.352. The number of benzene rings is 1. The van der Waals surface area contributed by atoms with Gasteiger partial charge in [-0.1, -0.05) is 0 Å². The van der Waals surface area contributed by atoms with Crippen molar-refractivity contribution >= 4 is 28.3 Å². The van der Waals surface area contributed by atoms with Crippen LogP contribution in [0.2, 0.25) is 0 Å². The predicted molar refractivity (Wildman–Crippen MR) is 124 cm³/mol. The van der Waals surface area contributed by atoms with Gasteiger partial charge in [0.05, 0.1) is 10.9 Å². The Hall–Kier alpha value is -3.46. The number of anilines is 2. The molecule has 9 heteroatoms. The third-order valence-corrected chi connectivity index (χ3v) is 6.25. The molecule has 166 valence electrons. The number of aromatic amines is 1. The van der Waals surface area contributed by atoms with Gasteiger partial charge in [0.25, 0.3) is 11.5 Å². The van der Waals surface area contributed by atoms with Crippen molar-refractivity contribution in [1.29, 1.82) is 0 Å². The third kappa shape index (κ3) is 3.80. The van der Waals surface area contributed by atoms with Crippen LogP contribution in [0.1, 0.15) is 34.8 Å². The van der Waals surface area contributed by atoms with E-state index in [0.29, 0.717) is 11.3 Å². The van der Waals surface area contributed by atoms with E-state index in [1.807, 2.05) is 25.1 Å². The predicted octanol–water partition coefficient (Wildman–Crippen LogP) is 1.73. The number of fused-ring (bicyclic) bond motifs is 1. The second kappa shape index (κ2) is 7.90. The number of carbonyl (C=O) groups is 1. The molecule has 1 saturated carbocycles. The number of rotatable bonds is 4. The van der Waals surface area contributed by atoms with Crippen LogP contribution in [-0.4, -0.2) is 58.6 Å². The number of hydrogen-bond acceptors (Lipinski definition) is 6. The fraction of sp³-hybridized carbons (Fsp3) is 0.391. The molecule has 1 aliphatic heterocycles. The van der Waals surface area contributed by atoms with Crippen molar-refractivity contribution in [2.24, 2.45) is 0 Å². The summed E-state index contributed by atoms with van der Waals surface area (Å²) in [6.45, 7) is 6.05. The number of aromatic nitrogens is 3. The summed E-state index contributed by atoms with van der Waals surface area (Å²) in [5.41, 5.74) is 2.56. The first-order valence-corrected chi connectivity index (χ1v) is 10.9. The zero-order chi connectivity index (χ0) is 22.4. The smallest absolute Gasteiger partial charge is 0.330 e. The third-order valence-electron chi connectivity index (χ3n) is 6.25. The van der Waals surface area contributed by atoms with Gasteiger partial charge in [-0.15, -0.1) is 0 Å². The number of likely N-dealkylation sites (N-methyl/N-ethyl adjacent to an activating group) is 1. The minimum Gasteiger partial charge on any atom is -0.369 e. The normalized spacial score (nSPS) is 17.0. The molecule has 2 aromatic heterocycles. The van der Waals surface area contributed by atoms with Gasteiger partial charge >= 0.3 is 5.69 Å². The average molecular weight is 435 g/mol. The first-order chi connectivity index (χ1) is 15.4. The quantitative estimate of drug-likeness (QED) is 0.648. The number of carbonyl (C=O) groups excluding carboxylic acids is 1.